The summed E-state index contributed by atoms with van der Waals surface area (Å²) < 4.78 is 3.35. The van der Waals surface area contributed by atoms with E-state index in [1.807, 2.05) is 0 Å². The summed E-state index contributed by atoms with van der Waals surface area (Å²) in [6.07, 6.45) is 5.61. The van der Waals surface area contributed by atoms with Gasteiger partial charge in [-0.1, -0.05) is 13.8 Å². The predicted octanol–water partition coefficient (Wildman–Crippen LogP) is 3.61. The van der Waals surface area contributed by atoms with Gasteiger partial charge in [-0.05, 0) is 52.7 Å². The molecule has 2 aromatic heterocycles. The molecule has 0 N–H and O–H groups in total. The first-order chi connectivity index (χ1) is 7.55. The average molecular weight is 279 g/mol. The summed E-state index contributed by atoms with van der Waals surface area (Å²) in [5.41, 5.74) is 4.17. The molecule has 16 heavy (non-hydrogen) atoms. The molecule has 0 radical (unpaired) electrons. The zero-order valence-electron chi connectivity index (χ0n) is 9.63. The number of fused-ring (bicyclic) bond motifs is 3. The van der Waals surface area contributed by atoms with Crippen molar-refractivity contribution < 1.29 is 0 Å². The van der Waals surface area contributed by atoms with Crippen LogP contribution in [0.5, 0.6) is 0 Å². The molecule has 0 aromatic carbocycles. The van der Waals surface area contributed by atoms with Crippen molar-refractivity contribution >= 4 is 21.6 Å². The second-order valence-corrected chi connectivity index (χ2v) is 6.34. The van der Waals surface area contributed by atoms with Crippen molar-refractivity contribution in [3.8, 4) is 0 Å². The molecule has 1 aliphatic carbocycles. The molecule has 0 unspecified atom stereocenters. The molecule has 3 heteroatoms. The molecule has 3 rings (SSSR count). The maximum absolute atomic E-state index is 4.70. The highest BCUT2D eigenvalue weighted by Crippen LogP contribution is 2.35. The van der Waals surface area contributed by atoms with Crippen LogP contribution >= 0.6 is 15.9 Å². The minimum atomic E-state index is 0.408. The van der Waals surface area contributed by atoms with Gasteiger partial charge in [0.1, 0.15) is 5.65 Å². The Kier molecular flexibility index (Phi) is 2.15. The second kappa shape index (κ2) is 3.33. The fourth-order valence-corrected chi connectivity index (χ4v) is 2.84. The van der Waals surface area contributed by atoms with Crippen molar-refractivity contribution in [2.24, 2.45) is 5.41 Å². The summed E-state index contributed by atoms with van der Waals surface area (Å²) in [7, 11) is 0. The van der Waals surface area contributed by atoms with Crippen LogP contribution in [-0.4, -0.2) is 9.38 Å². The number of halogens is 1. The summed E-state index contributed by atoms with van der Waals surface area (Å²) in [4.78, 5) is 4.70. The van der Waals surface area contributed by atoms with Gasteiger partial charge in [-0.25, -0.2) is 4.98 Å². The summed E-state index contributed by atoms with van der Waals surface area (Å²) in [6.45, 7) is 4.68. The van der Waals surface area contributed by atoms with Gasteiger partial charge in [0, 0.05) is 16.4 Å². The summed E-state index contributed by atoms with van der Waals surface area (Å²) in [6, 6.07) is 4.13. The molecule has 0 bridgehead atoms. The van der Waals surface area contributed by atoms with Crippen molar-refractivity contribution in [3.05, 3.63) is 34.2 Å². The molecule has 2 nitrogen and oxygen atoms in total. The largest absolute Gasteiger partial charge is 0.303 e. The fourth-order valence-electron chi connectivity index (χ4n) is 2.50. The number of pyridine rings is 1. The Morgan fingerprint density at radius 3 is 3.00 bits per heavy atom. The number of aryl methyl sites for hydroxylation is 1. The minimum Gasteiger partial charge on any atom is -0.303 e. The van der Waals surface area contributed by atoms with E-state index in [2.05, 4.69) is 52.5 Å². The van der Waals surface area contributed by atoms with E-state index >= 15 is 0 Å². The van der Waals surface area contributed by atoms with Gasteiger partial charge in [0.15, 0.2) is 0 Å². The van der Waals surface area contributed by atoms with Crippen LogP contribution in [0.1, 0.15) is 31.7 Å². The third-order valence-electron chi connectivity index (χ3n) is 3.45. The van der Waals surface area contributed by atoms with Crippen molar-refractivity contribution in [1.82, 2.24) is 9.38 Å². The Labute approximate surface area is 104 Å². The summed E-state index contributed by atoms with van der Waals surface area (Å²) >= 11 is 3.52. The maximum atomic E-state index is 4.70. The molecule has 84 valence electrons. The SMILES string of the molecule is CC1(C)CCc2nc3ccc(Br)cn3c2C1. The van der Waals surface area contributed by atoms with Gasteiger partial charge in [-0.15, -0.1) is 0 Å². The fraction of sp³-hybridized carbons (Fsp3) is 0.462. The van der Waals surface area contributed by atoms with Crippen LogP contribution < -0.4 is 0 Å². The number of imidazole rings is 1. The predicted molar refractivity (Wildman–Crippen MR) is 68.7 cm³/mol. The van der Waals surface area contributed by atoms with Gasteiger partial charge in [0.25, 0.3) is 0 Å². The lowest BCUT2D eigenvalue weighted by Crippen LogP contribution is -2.22. The Bertz CT molecular complexity index is 554. The number of hydrogen-bond donors (Lipinski definition) is 0. The van der Waals surface area contributed by atoms with Crippen LogP contribution in [0, 0.1) is 5.41 Å². The quantitative estimate of drug-likeness (QED) is 0.720. The first kappa shape index (κ1) is 10.3. The third kappa shape index (κ3) is 1.58. The third-order valence-corrected chi connectivity index (χ3v) is 3.92. The lowest BCUT2D eigenvalue weighted by atomic mass is 9.78. The van der Waals surface area contributed by atoms with Crippen molar-refractivity contribution in [3.63, 3.8) is 0 Å². The molecular weight excluding hydrogens is 264 g/mol. The first-order valence-electron chi connectivity index (χ1n) is 5.71. The van der Waals surface area contributed by atoms with E-state index in [1.165, 1.54) is 17.8 Å². The lowest BCUT2D eigenvalue weighted by molar-refractivity contribution is 0.309. The number of hydrogen-bond acceptors (Lipinski definition) is 1. The Morgan fingerprint density at radius 2 is 2.19 bits per heavy atom. The zero-order chi connectivity index (χ0) is 11.3. The molecular formula is C13H15BrN2. The number of nitrogens with zero attached hydrogens (tertiary/aromatic N) is 2. The molecule has 0 spiro atoms. The normalized spacial score (nSPS) is 18.7. The Morgan fingerprint density at radius 1 is 1.38 bits per heavy atom. The molecule has 0 atom stereocenters. The highest BCUT2D eigenvalue weighted by molar-refractivity contribution is 9.10. The van der Waals surface area contributed by atoms with E-state index in [1.54, 1.807) is 0 Å². The standard InChI is InChI=1S/C13H15BrN2/c1-13(2)6-5-10-11(7-13)16-8-9(14)3-4-12(16)15-10/h3-4,8H,5-7H2,1-2H3. The topological polar surface area (TPSA) is 17.3 Å². The number of aromatic nitrogens is 2. The van der Waals surface area contributed by atoms with E-state index in [9.17, 15) is 0 Å². The van der Waals surface area contributed by atoms with Crippen molar-refractivity contribution in [2.75, 3.05) is 0 Å². The van der Waals surface area contributed by atoms with Crippen molar-refractivity contribution in [2.45, 2.75) is 33.1 Å². The number of rotatable bonds is 0. The van der Waals surface area contributed by atoms with Crippen LogP contribution in [0.4, 0.5) is 0 Å². The van der Waals surface area contributed by atoms with Gasteiger partial charge in [0.05, 0.1) is 5.69 Å². The molecule has 0 saturated heterocycles. The maximum Gasteiger partial charge on any atom is 0.137 e. The second-order valence-electron chi connectivity index (χ2n) is 5.42. The monoisotopic (exact) mass is 278 g/mol. The van der Waals surface area contributed by atoms with E-state index < -0.39 is 0 Å². The van der Waals surface area contributed by atoms with E-state index in [0.717, 1.165) is 23.0 Å². The summed E-state index contributed by atoms with van der Waals surface area (Å²) in [5.74, 6) is 0. The molecule has 0 saturated carbocycles. The van der Waals surface area contributed by atoms with Crippen LogP contribution in [0.3, 0.4) is 0 Å². The van der Waals surface area contributed by atoms with Gasteiger partial charge in [-0.2, -0.15) is 0 Å². The van der Waals surface area contributed by atoms with E-state index in [4.69, 9.17) is 4.98 Å². The smallest absolute Gasteiger partial charge is 0.137 e. The van der Waals surface area contributed by atoms with Gasteiger partial charge in [-0.3, -0.25) is 0 Å². The van der Waals surface area contributed by atoms with Gasteiger partial charge < -0.3 is 4.40 Å². The molecule has 0 amide bonds. The molecule has 1 aliphatic rings. The van der Waals surface area contributed by atoms with Gasteiger partial charge in [0.2, 0.25) is 0 Å². The Hall–Kier alpha value is -0.830. The van der Waals surface area contributed by atoms with Crippen LogP contribution in [0.2, 0.25) is 0 Å². The van der Waals surface area contributed by atoms with Gasteiger partial charge >= 0.3 is 0 Å². The molecule has 2 aromatic rings. The molecule has 0 aliphatic heterocycles. The highest BCUT2D eigenvalue weighted by atomic mass is 79.9. The van der Waals surface area contributed by atoms with Crippen LogP contribution in [0.15, 0.2) is 22.8 Å². The first-order valence-corrected chi connectivity index (χ1v) is 6.50. The lowest BCUT2D eigenvalue weighted by Gasteiger charge is -2.28. The van der Waals surface area contributed by atoms with Crippen LogP contribution in [-0.2, 0) is 12.8 Å². The highest BCUT2D eigenvalue weighted by Gasteiger charge is 2.28. The van der Waals surface area contributed by atoms with E-state index in [-0.39, 0.29) is 0 Å². The minimum absolute atomic E-state index is 0.408. The zero-order valence-corrected chi connectivity index (χ0v) is 11.2. The molecule has 2 heterocycles. The average Bonchev–Trinajstić information content (AvgIpc) is 2.55. The van der Waals surface area contributed by atoms with Crippen molar-refractivity contribution in [1.29, 1.82) is 0 Å². The molecule has 0 fully saturated rings. The van der Waals surface area contributed by atoms with Crippen LogP contribution in [0.25, 0.3) is 5.65 Å². The van der Waals surface area contributed by atoms with E-state index in [0.29, 0.717) is 5.41 Å². The Balaban J connectivity index is 2.23. The summed E-state index contributed by atoms with van der Waals surface area (Å²) in [5, 5.41) is 0.